The Morgan fingerprint density at radius 1 is 1.03 bits per heavy atom. The van der Waals surface area contributed by atoms with E-state index in [4.69, 9.17) is 0 Å². The van der Waals surface area contributed by atoms with E-state index >= 15 is 0 Å². The molecular formula is C25H33N5O. The number of rotatable bonds is 4. The van der Waals surface area contributed by atoms with Gasteiger partial charge in [-0.15, -0.1) is 0 Å². The lowest BCUT2D eigenvalue weighted by atomic mass is 10.2. The molecule has 6 heteroatoms. The van der Waals surface area contributed by atoms with Gasteiger partial charge in [-0.1, -0.05) is 25.1 Å². The molecule has 5 rings (SSSR count). The second-order valence-corrected chi connectivity index (χ2v) is 8.14. The summed E-state index contributed by atoms with van der Waals surface area (Å²) in [5, 5.41) is 3.95. The quantitative estimate of drug-likeness (QED) is 0.682. The molecule has 0 aliphatic carbocycles. The van der Waals surface area contributed by atoms with E-state index in [9.17, 15) is 4.79 Å². The smallest absolute Gasteiger partial charge is 0.239 e. The average Bonchev–Trinajstić information content (AvgIpc) is 3.46. The van der Waals surface area contributed by atoms with Crippen LogP contribution in [0.1, 0.15) is 12.5 Å². The van der Waals surface area contributed by atoms with Crippen LogP contribution in [0.4, 0.5) is 11.4 Å². The minimum atomic E-state index is 0.0710. The summed E-state index contributed by atoms with van der Waals surface area (Å²) >= 11 is 0. The number of H-pyrrole nitrogens is 1. The number of hydrogen-bond donors (Lipinski definition) is 2. The Kier molecular flexibility index (Phi) is 6.77. The van der Waals surface area contributed by atoms with Crippen molar-refractivity contribution in [2.24, 2.45) is 0 Å². The molecule has 0 spiro atoms. The number of para-hydroxylation sites is 1. The Hall–Kier alpha value is -2.99. The van der Waals surface area contributed by atoms with Gasteiger partial charge >= 0.3 is 0 Å². The zero-order chi connectivity index (χ0) is 21.6. The van der Waals surface area contributed by atoms with Crippen LogP contribution in [0.5, 0.6) is 0 Å². The van der Waals surface area contributed by atoms with Gasteiger partial charge in [-0.2, -0.15) is 0 Å². The first kappa shape index (κ1) is 21.2. The van der Waals surface area contributed by atoms with Crippen molar-refractivity contribution in [2.75, 3.05) is 62.7 Å². The number of anilines is 2. The van der Waals surface area contributed by atoms with Crippen LogP contribution in [0, 0.1) is 0 Å². The van der Waals surface area contributed by atoms with Crippen LogP contribution in [0.25, 0.3) is 10.9 Å². The van der Waals surface area contributed by atoms with Gasteiger partial charge in [-0.05, 0) is 48.9 Å². The average molecular weight is 420 g/mol. The summed E-state index contributed by atoms with van der Waals surface area (Å²) in [6.07, 6.45) is 3.05. The molecule has 3 aromatic rings. The first-order chi connectivity index (χ1) is 15.2. The van der Waals surface area contributed by atoms with Gasteiger partial charge in [0.2, 0.25) is 5.91 Å². The van der Waals surface area contributed by atoms with Gasteiger partial charge in [0.15, 0.2) is 0 Å². The fourth-order valence-corrected chi connectivity index (χ4v) is 4.38. The van der Waals surface area contributed by atoms with Crippen LogP contribution >= 0.6 is 0 Å². The van der Waals surface area contributed by atoms with Gasteiger partial charge in [0.25, 0.3) is 0 Å². The zero-order valence-electron chi connectivity index (χ0n) is 18.6. The van der Waals surface area contributed by atoms with Crippen molar-refractivity contribution in [2.45, 2.75) is 13.3 Å². The van der Waals surface area contributed by atoms with E-state index < -0.39 is 0 Å². The topological polar surface area (TPSA) is 54.6 Å². The molecule has 0 bridgehead atoms. The van der Waals surface area contributed by atoms with Gasteiger partial charge in [0.1, 0.15) is 0 Å². The van der Waals surface area contributed by atoms with Crippen LogP contribution in [0.2, 0.25) is 0 Å². The molecule has 1 amide bonds. The number of fused-ring (bicyclic) bond motifs is 2. The van der Waals surface area contributed by atoms with Crippen molar-refractivity contribution in [1.82, 2.24) is 15.2 Å². The molecule has 6 nitrogen and oxygen atoms in total. The summed E-state index contributed by atoms with van der Waals surface area (Å²) in [7, 11) is 1.67. The summed E-state index contributed by atoms with van der Waals surface area (Å²) in [6, 6.07) is 17.1. The van der Waals surface area contributed by atoms with E-state index in [0.717, 1.165) is 26.1 Å². The third-order valence-electron chi connectivity index (χ3n) is 6.32. The maximum absolute atomic E-state index is 11.2. The number of nitrogens with one attached hydrogen (secondary N) is 2. The van der Waals surface area contributed by atoms with E-state index in [2.05, 4.69) is 68.3 Å². The zero-order valence-corrected chi connectivity index (χ0v) is 18.6. The molecule has 2 N–H and O–H groups in total. The van der Waals surface area contributed by atoms with Gasteiger partial charge in [-0.3, -0.25) is 4.79 Å². The number of aromatic nitrogens is 1. The Bertz CT molecular complexity index is 1010. The number of likely N-dealkylation sites (N-methyl/N-ethyl adjacent to an activating group) is 2. The molecule has 0 atom stereocenters. The number of piperazine rings is 1. The molecule has 1 fully saturated rings. The molecule has 0 radical (unpaired) electrons. The summed E-state index contributed by atoms with van der Waals surface area (Å²) in [4.78, 5) is 21.6. The van der Waals surface area contributed by atoms with Crippen LogP contribution in [0.3, 0.4) is 0 Å². The monoisotopic (exact) mass is 419 g/mol. The third-order valence-corrected chi connectivity index (χ3v) is 6.32. The normalized spacial score (nSPS) is 16.1. The van der Waals surface area contributed by atoms with Crippen LogP contribution < -0.4 is 15.1 Å². The van der Waals surface area contributed by atoms with E-state index in [-0.39, 0.29) is 5.91 Å². The molecule has 3 heterocycles. The number of carbonyl (C=O) groups excluding carboxylic acids is 1. The Labute approximate surface area is 184 Å². The van der Waals surface area contributed by atoms with Crippen LogP contribution in [-0.4, -0.2) is 68.7 Å². The first-order valence-electron chi connectivity index (χ1n) is 11.3. The number of amides is 1. The molecule has 2 aliphatic heterocycles. The molecule has 31 heavy (non-hydrogen) atoms. The van der Waals surface area contributed by atoms with Crippen molar-refractivity contribution in [1.29, 1.82) is 0 Å². The lowest BCUT2D eigenvalue weighted by molar-refractivity contribution is -0.119. The van der Waals surface area contributed by atoms with Crippen molar-refractivity contribution in [3.8, 4) is 0 Å². The van der Waals surface area contributed by atoms with Crippen molar-refractivity contribution < 1.29 is 4.79 Å². The molecule has 2 aromatic carbocycles. The van der Waals surface area contributed by atoms with Crippen LogP contribution in [0.15, 0.2) is 54.7 Å². The SMILES string of the molecule is CCN1CCN(c2ccc3[nH]ccc3c2)CC1.CNC(=O)CN1CCc2ccccc21. The minimum absolute atomic E-state index is 0.0710. The van der Waals surface area contributed by atoms with Gasteiger partial charge in [0.05, 0.1) is 6.54 Å². The maximum atomic E-state index is 11.2. The predicted octanol–water partition coefficient (Wildman–Crippen LogP) is 3.10. The molecule has 0 saturated carbocycles. The van der Waals surface area contributed by atoms with Gasteiger partial charge in [-0.25, -0.2) is 0 Å². The second-order valence-electron chi connectivity index (χ2n) is 8.14. The van der Waals surface area contributed by atoms with Crippen molar-refractivity contribution in [3.05, 3.63) is 60.3 Å². The fraction of sp³-hybridized carbons (Fsp3) is 0.400. The number of hydrogen-bond acceptors (Lipinski definition) is 4. The summed E-state index contributed by atoms with van der Waals surface area (Å²) in [5.41, 5.74) is 5.13. The number of aromatic amines is 1. The largest absolute Gasteiger partial charge is 0.369 e. The molecule has 164 valence electrons. The fourth-order valence-electron chi connectivity index (χ4n) is 4.38. The number of benzene rings is 2. The Balaban J connectivity index is 0.000000152. The molecule has 1 saturated heterocycles. The summed E-state index contributed by atoms with van der Waals surface area (Å²) in [5.74, 6) is 0.0710. The van der Waals surface area contributed by atoms with Crippen molar-refractivity contribution >= 4 is 28.2 Å². The van der Waals surface area contributed by atoms with Crippen LogP contribution in [-0.2, 0) is 11.2 Å². The lowest BCUT2D eigenvalue weighted by Gasteiger charge is -2.35. The number of carbonyl (C=O) groups is 1. The minimum Gasteiger partial charge on any atom is -0.369 e. The molecule has 1 aromatic heterocycles. The highest BCUT2D eigenvalue weighted by atomic mass is 16.1. The molecule has 0 unspecified atom stereocenters. The van der Waals surface area contributed by atoms with E-state index in [1.807, 2.05) is 18.3 Å². The van der Waals surface area contributed by atoms with E-state index in [0.29, 0.717) is 6.54 Å². The summed E-state index contributed by atoms with van der Waals surface area (Å²) in [6.45, 7) is 9.48. The third kappa shape index (κ3) is 5.02. The van der Waals surface area contributed by atoms with Gasteiger partial charge < -0.3 is 25.0 Å². The van der Waals surface area contributed by atoms with E-state index in [1.54, 1.807) is 7.05 Å². The Morgan fingerprint density at radius 2 is 1.84 bits per heavy atom. The summed E-state index contributed by atoms with van der Waals surface area (Å²) < 4.78 is 0. The second kappa shape index (κ2) is 9.88. The highest BCUT2D eigenvalue weighted by Crippen LogP contribution is 2.26. The standard InChI is InChI=1S/C14H19N3.C11H14N2O/c1-2-16-7-9-17(10-8-16)13-3-4-14-12(11-13)5-6-15-14;1-12-11(14)8-13-7-6-9-4-2-3-5-10(9)13/h3-6,11,15H,2,7-10H2,1H3;2-5H,6-8H2,1H3,(H,12,14). The molecular weight excluding hydrogens is 386 g/mol. The van der Waals surface area contributed by atoms with Crippen molar-refractivity contribution in [3.63, 3.8) is 0 Å². The lowest BCUT2D eigenvalue weighted by Crippen LogP contribution is -2.46. The highest BCUT2D eigenvalue weighted by Gasteiger charge is 2.19. The molecule has 2 aliphatic rings. The predicted molar refractivity (Wildman–Crippen MR) is 129 cm³/mol. The Morgan fingerprint density at radius 3 is 2.61 bits per heavy atom. The van der Waals surface area contributed by atoms with E-state index in [1.165, 1.54) is 47.5 Å². The van der Waals surface area contributed by atoms with Gasteiger partial charge in [0, 0.05) is 68.2 Å². The number of nitrogens with zero attached hydrogens (tertiary/aromatic N) is 3. The first-order valence-corrected chi connectivity index (χ1v) is 11.3. The maximum Gasteiger partial charge on any atom is 0.239 e. The highest BCUT2D eigenvalue weighted by molar-refractivity contribution is 5.83.